The predicted molar refractivity (Wildman–Crippen MR) is 94.4 cm³/mol. The highest BCUT2D eigenvalue weighted by Crippen LogP contribution is 2.23. The van der Waals surface area contributed by atoms with E-state index in [9.17, 15) is 4.79 Å². The van der Waals surface area contributed by atoms with Gasteiger partial charge in [0.2, 0.25) is 0 Å². The number of carbonyl (C=O) groups is 1. The molecule has 1 aliphatic heterocycles. The second kappa shape index (κ2) is 6.35. The average molecular weight is 338 g/mol. The number of hydrogen-bond acceptors (Lipinski definition) is 4. The Hall–Kier alpha value is -2.63. The lowest BCUT2D eigenvalue weighted by molar-refractivity contribution is 0.0683. The van der Waals surface area contributed by atoms with Crippen molar-refractivity contribution in [1.82, 2.24) is 19.9 Å². The first-order valence-corrected chi connectivity index (χ1v) is 8.77. The van der Waals surface area contributed by atoms with Gasteiger partial charge in [-0.15, -0.1) is 0 Å². The highest BCUT2D eigenvalue weighted by molar-refractivity contribution is 5.93. The third kappa shape index (κ3) is 3.16. The van der Waals surface area contributed by atoms with Gasteiger partial charge < -0.3 is 14.3 Å². The minimum atomic E-state index is -0.0171. The molecule has 1 amide bonds. The number of H-pyrrole nitrogens is 1. The van der Waals surface area contributed by atoms with Crippen molar-refractivity contribution < 1.29 is 9.21 Å². The summed E-state index contributed by atoms with van der Waals surface area (Å²) in [7, 11) is 0. The van der Waals surface area contributed by atoms with Gasteiger partial charge in [0.15, 0.2) is 11.6 Å². The fourth-order valence-electron chi connectivity index (χ4n) is 3.59. The van der Waals surface area contributed by atoms with E-state index in [1.165, 1.54) is 0 Å². The van der Waals surface area contributed by atoms with Crippen LogP contribution in [0.1, 0.15) is 40.8 Å². The van der Waals surface area contributed by atoms with E-state index in [4.69, 9.17) is 4.42 Å². The van der Waals surface area contributed by atoms with Gasteiger partial charge in [-0.2, -0.15) is 0 Å². The summed E-state index contributed by atoms with van der Waals surface area (Å²) < 4.78 is 5.38. The summed E-state index contributed by atoms with van der Waals surface area (Å²) in [5, 5.41) is 0. The van der Waals surface area contributed by atoms with Crippen molar-refractivity contribution >= 4 is 16.9 Å². The smallest absolute Gasteiger partial charge is 0.276 e. The number of nitrogens with zero attached hydrogens (tertiary/aromatic N) is 3. The number of aromatic amines is 1. The molecule has 3 aromatic rings. The van der Waals surface area contributed by atoms with Crippen LogP contribution in [0.4, 0.5) is 0 Å². The van der Waals surface area contributed by atoms with E-state index in [-0.39, 0.29) is 5.91 Å². The lowest BCUT2D eigenvalue weighted by atomic mass is 9.93. The topological polar surface area (TPSA) is 75.0 Å². The van der Waals surface area contributed by atoms with E-state index < -0.39 is 0 Å². The minimum Gasteiger partial charge on any atom is -0.445 e. The van der Waals surface area contributed by atoms with E-state index >= 15 is 0 Å². The average Bonchev–Trinajstić information content (AvgIpc) is 3.16. The molecule has 0 bridgehead atoms. The SMILES string of the molecule is Cc1nc(C(=O)N2CCC(Cc3nc4ccccc4[nH]3)CC2)c(C)o1. The van der Waals surface area contributed by atoms with Crippen LogP contribution in [-0.2, 0) is 6.42 Å². The Morgan fingerprint density at radius 2 is 2.00 bits per heavy atom. The monoisotopic (exact) mass is 338 g/mol. The van der Waals surface area contributed by atoms with Gasteiger partial charge in [0.25, 0.3) is 5.91 Å². The van der Waals surface area contributed by atoms with Crippen molar-refractivity contribution in [3.63, 3.8) is 0 Å². The highest BCUT2D eigenvalue weighted by atomic mass is 16.4. The lowest BCUT2D eigenvalue weighted by Crippen LogP contribution is -2.39. The van der Waals surface area contributed by atoms with Gasteiger partial charge in [-0.3, -0.25) is 4.79 Å². The van der Waals surface area contributed by atoms with E-state index in [2.05, 4.69) is 21.0 Å². The fraction of sp³-hybridized carbons (Fsp3) is 0.421. The third-order valence-electron chi connectivity index (χ3n) is 4.93. The molecule has 1 fully saturated rings. The first kappa shape index (κ1) is 15.9. The van der Waals surface area contributed by atoms with Gasteiger partial charge in [-0.1, -0.05) is 12.1 Å². The number of para-hydroxylation sites is 2. The van der Waals surface area contributed by atoms with Crippen LogP contribution < -0.4 is 0 Å². The second-order valence-corrected chi connectivity index (χ2v) is 6.78. The zero-order chi connectivity index (χ0) is 17.4. The molecular weight excluding hydrogens is 316 g/mol. The molecule has 1 aliphatic rings. The van der Waals surface area contributed by atoms with Gasteiger partial charge in [0.05, 0.1) is 11.0 Å². The molecule has 0 unspecified atom stereocenters. The molecule has 6 nitrogen and oxygen atoms in total. The first-order chi connectivity index (χ1) is 12.1. The van der Waals surface area contributed by atoms with Gasteiger partial charge in [-0.25, -0.2) is 9.97 Å². The zero-order valence-corrected chi connectivity index (χ0v) is 14.6. The number of carbonyl (C=O) groups excluding carboxylic acids is 1. The Balaban J connectivity index is 1.38. The van der Waals surface area contributed by atoms with E-state index in [0.29, 0.717) is 23.3 Å². The standard InChI is InChI=1S/C19H22N4O2/c1-12-18(20-13(2)25-12)19(24)23-9-7-14(8-10-23)11-17-21-15-5-3-4-6-16(15)22-17/h3-6,14H,7-11H2,1-2H3,(H,21,22). The zero-order valence-electron chi connectivity index (χ0n) is 14.6. The Labute approximate surface area is 146 Å². The van der Waals surface area contributed by atoms with Crippen molar-refractivity contribution in [2.75, 3.05) is 13.1 Å². The molecule has 0 aliphatic carbocycles. The summed E-state index contributed by atoms with van der Waals surface area (Å²) in [5.41, 5.74) is 2.55. The summed E-state index contributed by atoms with van der Waals surface area (Å²) >= 11 is 0. The van der Waals surface area contributed by atoms with Crippen molar-refractivity contribution in [3.8, 4) is 0 Å². The van der Waals surface area contributed by atoms with Crippen LogP contribution in [-0.4, -0.2) is 38.8 Å². The third-order valence-corrected chi connectivity index (χ3v) is 4.93. The molecule has 130 valence electrons. The molecule has 0 spiro atoms. The van der Waals surface area contributed by atoms with Gasteiger partial charge >= 0.3 is 0 Å². The highest BCUT2D eigenvalue weighted by Gasteiger charge is 2.27. The summed E-state index contributed by atoms with van der Waals surface area (Å²) in [6.07, 6.45) is 2.90. The van der Waals surface area contributed by atoms with Gasteiger partial charge in [0, 0.05) is 26.4 Å². The van der Waals surface area contributed by atoms with Crippen molar-refractivity contribution in [1.29, 1.82) is 0 Å². The maximum atomic E-state index is 12.6. The van der Waals surface area contributed by atoms with Crippen molar-refractivity contribution in [3.05, 3.63) is 47.4 Å². The molecule has 0 saturated carbocycles. The molecule has 1 N–H and O–H groups in total. The fourth-order valence-corrected chi connectivity index (χ4v) is 3.59. The number of aryl methyl sites for hydroxylation is 2. The Kier molecular flexibility index (Phi) is 4.03. The van der Waals surface area contributed by atoms with Crippen LogP contribution in [0, 0.1) is 19.8 Å². The number of aromatic nitrogens is 3. The summed E-state index contributed by atoms with van der Waals surface area (Å²) in [6.45, 7) is 5.08. The number of amides is 1. The van der Waals surface area contributed by atoms with Crippen LogP contribution in [0.5, 0.6) is 0 Å². The van der Waals surface area contributed by atoms with Crippen molar-refractivity contribution in [2.24, 2.45) is 5.92 Å². The maximum absolute atomic E-state index is 12.6. The molecule has 25 heavy (non-hydrogen) atoms. The number of oxazole rings is 1. The normalized spacial score (nSPS) is 15.8. The lowest BCUT2D eigenvalue weighted by Gasteiger charge is -2.31. The molecule has 0 radical (unpaired) electrons. The van der Waals surface area contributed by atoms with Crippen LogP contribution in [0.3, 0.4) is 0 Å². The Morgan fingerprint density at radius 1 is 1.24 bits per heavy atom. The second-order valence-electron chi connectivity index (χ2n) is 6.78. The maximum Gasteiger partial charge on any atom is 0.276 e. The number of imidazole rings is 1. The molecular formula is C19H22N4O2. The molecule has 1 saturated heterocycles. The number of benzene rings is 1. The summed E-state index contributed by atoms with van der Waals surface area (Å²) in [4.78, 5) is 26.8. The largest absolute Gasteiger partial charge is 0.445 e. The first-order valence-electron chi connectivity index (χ1n) is 8.77. The van der Waals surface area contributed by atoms with Crippen LogP contribution in [0.2, 0.25) is 0 Å². The van der Waals surface area contributed by atoms with E-state index in [1.54, 1.807) is 13.8 Å². The minimum absolute atomic E-state index is 0.0171. The van der Waals surface area contributed by atoms with Gasteiger partial charge in [-0.05, 0) is 37.8 Å². The van der Waals surface area contributed by atoms with Gasteiger partial charge in [0.1, 0.15) is 11.6 Å². The number of likely N-dealkylation sites (tertiary alicyclic amines) is 1. The quantitative estimate of drug-likeness (QED) is 0.795. The number of fused-ring (bicyclic) bond motifs is 1. The Bertz CT molecular complexity index is 870. The van der Waals surface area contributed by atoms with Crippen LogP contribution >= 0.6 is 0 Å². The van der Waals surface area contributed by atoms with Crippen molar-refractivity contribution in [2.45, 2.75) is 33.1 Å². The predicted octanol–water partition coefficient (Wildman–Crippen LogP) is 3.26. The number of piperidine rings is 1. The molecule has 4 rings (SSSR count). The van der Waals surface area contributed by atoms with Crippen LogP contribution in [0.15, 0.2) is 28.7 Å². The number of rotatable bonds is 3. The molecule has 6 heteroatoms. The molecule has 2 aromatic heterocycles. The van der Waals surface area contributed by atoms with Crippen LogP contribution in [0.25, 0.3) is 11.0 Å². The summed E-state index contributed by atoms with van der Waals surface area (Å²) in [6, 6.07) is 8.10. The molecule has 3 heterocycles. The Morgan fingerprint density at radius 3 is 2.68 bits per heavy atom. The summed E-state index contributed by atoms with van der Waals surface area (Å²) in [5.74, 6) is 2.71. The van der Waals surface area contributed by atoms with E-state index in [1.807, 2.05) is 23.1 Å². The number of hydrogen-bond donors (Lipinski definition) is 1. The molecule has 1 aromatic carbocycles. The molecule has 0 atom stereocenters. The number of nitrogens with one attached hydrogen (secondary N) is 1. The van der Waals surface area contributed by atoms with E-state index in [0.717, 1.165) is 49.2 Å².